The van der Waals surface area contributed by atoms with Crippen molar-refractivity contribution >= 4 is 11.6 Å². The Morgan fingerprint density at radius 3 is 2.66 bits per heavy atom. The van der Waals surface area contributed by atoms with Gasteiger partial charge in [-0.25, -0.2) is 13.8 Å². The van der Waals surface area contributed by atoms with E-state index in [0.29, 0.717) is 37.0 Å². The number of aliphatic hydroxyl groups is 1. The summed E-state index contributed by atoms with van der Waals surface area (Å²) in [4.78, 5) is 20.9. The van der Waals surface area contributed by atoms with Crippen molar-refractivity contribution in [2.45, 2.75) is 50.6 Å². The topological polar surface area (TPSA) is 65.9 Å². The van der Waals surface area contributed by atoms with E-state index in [9.17, 15) is 18.7 Å². The van der Waals surface area contributed by atoms with E-state index < -0.39 is 5.92 Å². The number of aromatic nitrogens is 1. The summed E-state index contributed by atoms with van der Waals surface area (Å²) in [6.45, 7) is 1.11. The Labute approximate surface area is 168 Å². The lowest BCUT2D eigenvalue weighted by atomic mass is 9.85. The second kappa shape index (κ2) is 6.79. The molecule has 2 unspecified atom stereocenters. The van der Waals surface area contributed by atoms with E-state index in [-0.39, 0.29) is 36.4 Å². The van der Waals surface area contributed by atoms with Crippen LogP contribution in [0.15, 0.2) is 12.1 Å². The molecular weight excluding hydrogens is 380 g/mol. The highest BCUT2D eigenvalue weighted by molar-refractivity contribution is 5.93. The Bertz CT molecular complexity index is 808. The summed E-state index contributed by atoms with van der Waals surface area (Å²) in [5, 5.41) is 9.90. The Hall–Kier alpha value is -1.96. The molecular formula is C21H27F2N3O3. The lowest BCUT2D eigenvalue weighted by Crippen LogP contribution is -2.56. The first-order valence-corrected chi connectivity index (χ1v) is 10.6. The van der Waals surface area contributed by atoms with E-state index in [1.807, 2.05) is 4.90 Å². The molecule has 1 spiro atoms. The number of hydrogen-bond acceptors (Lipinski definition) is 5. The van der Waals surface area contributed by atoms with Crippen molar-refractivity contribution in [1.82, 2.24) is 9.88 Å². The number of alkyl halides is 2. The Morgan fingerprint density at radius 1 is 1.21 bits per heavy atom. The van der Waals surface area contributed by atoms with Crippen LogP contribution in [-0.2, 0) is 0 Å². The molecule has 4 aliphatic rings. The van der Waals surface area contributed by atoms with Gasteiger partial charge in [0.25, 0.3) is 11.8 Å². The molecule has 8 heteroatoms. The van der Waals surface area contributed by atoms with Crippen molar-refractivity contribution < 1.29 is 23.4 Å². The summed E-state index contributed by atoms with van der Waals surface area (Å²) < 4.78 is 32.5. The van der Waals surface area contributed by atoms with Gasteiger partial charge < -0.3 is 19.6 Å². The van der Waals surface area contributed by atoms with Gasteiger partial charge in [-0.3, -0.25) is 4.79 Å². The van der Waals surface area contributed by atoms with Gasteiger partial charge in [0, 0.05) is 13.1 Å². The minimum Gasteiger partial charge on any atom is -0.476 e. The van der Waals surface area contributed by atoms with Crippen LogP contribution in [-0.4, -0.2) is 65.7 Å². The van der Waals surface area contributed by atoms with Crippen LogP contribution in [0.3, 0.4) is 0 Å². The van der Waals surface area contributed by atoms with Crippen LogP contribution in [0.2, 0.25) is 0 Å². The maximum Gasteiger partial charge on any atom is 0.282 e. The summed E-state index contributed by atoms with van der Waals surface area (Å²) in [7, 11) is 0. The van der Waals surface area contributed by atoms with Gasteiger partial charge in [0.15, 0.2) is 0 Å². The fourth-order valence-corrected chi connectivity index (χ4v) is 4.88. The first-order valence-electron chi connectivity index (χ1n) is 10.6. The maximum absolute atomic E-state index is 13.3. The molecule has 2 atom stereocenters. The minimum atomic E-state index is -2.68. The van der Waals surface area contributed by atoms with Gasteiger partial charge in [-0.2, -0.15) is 0 Å². The largest absolute Gasteiger partial charge is 0.476 e. The average molecular weight is 407 g/mol. The zero-order valence-corrected chi connectivity index (χ0v) is 16.4. The van der Waals surface area contributed by atoms with Crippen LogP contribution < -0.4 is 9.64 Å². The highest BCUT2D eigenvalue weighted by atomic mass is 19.3. The number of aliphatic hydroxyl groups excluding tert-OH is 1. The van der Waals surface area contributed by atoms with E-state index in [0.717, 1.165) is 38.5 Å². The molecule has 1 amide bonds. The Balaban J connectivity index is 1.33. The van der Waals surface area contributed by atoms with Crippen molar-refractivity contribution in [3.8, 4) is 5.88 Å². The normalized spacial score (nSPS) is 30.7. The van der Waals surface area contributed by atoms with Gasteiger partial charge in [0.2, 0.25) is 5.88 Å². The molecule has 1 aromatic heterocycles. The summed E-state index contributed by atoms with van der Waals surface area (Å²) in [5.74, 6) is -2.06. The van der Waals surface area contributed by atoms with Crippen LogP contribution in [0.5, 0.6) is 5.88 Å². The number of anilines is 1. The van der Waals surface area contributed by atoms with E-state index in [4.69, 9.17) is 4.74 Å². The molecule has 1 aromatic rings. The Kier molecular flexibility index (Phi) is 4.46. The van der Waals surface area contributed by atoms with E-state index in [1.54, 1.807) is 17.0 Å². The fraction of sp³-hybridized carbons (Fsp3) is 0.714. The van der Waals surface area contributed by atoms with E-state index in [2.05, 4.69) is 4.98 Å². The fourth-order valence-electron chi connectivity index (χ4n) is 4.88. The van der Waals surface area contributed by atoms with E-state index >= 15 is 0 Å². The van der Waals surface area contributed by atoms with Gasteiger partial charge in [-0.1, -0.05) is 0 Å². The van der Waals surface area contributed by atoms with Gasteiger partial charge in [-0.05, 0) is 62.0 Å². The Morgan fingerprint density at radius 2 is 2.00 bits per heavy atom. The lowest BCUT2D eigenvalue weighted by molar-refractivity contribution is -0.0265. The van der Waals surface area contributed by atoms with Gasteiger partial charge in [0.05, 0.1) is 25.8 Å². The molecule has 2 saturated carbocycles. The summed E-state index contributed by atoms with van der Waals surface area (Å²) in [5.41, 5.74) is 0.858. The predicted octanol–water partition coefficient (Wildman–Crippen LogP) is 2.70. The van der Waals surface area contributed by atoms with Crippen LogP contribution in [0, 0.1) is 11.3 Å². The zero-order valence-electron chi connectivity index (χ0n) is 16.4. The second-order valence-electron chi connectivity index (χ2n) is 9.36. The number of halogens is 2. The number of hydrogen-bond donors (Lipinski definition) is 1. The number of likely N-dealkylation sites (tertiary alicyclic amines) is 1. The quantitative estimate of drug-likeness (QED) is 0.813. The lowest BCUT2D eigenvalue weighted by Gasteiger charge is -2.40. The molecule has 0 radical (unpaired) electrons. The molecule has 4 fully saturated rings. The average Bonchev–Trinajstić information content (AvgIpc) is 3.31. The highest BCUT2D eigenvalue weighted by Crippen LogP contribution is 2.46. The van der Waals surface area contributed by atoms with Crippen molar-refractivity contribution in [1.29, 1.82) is 0 Å². The van der Waals surface area contributed by atoms with Crippen molar-refractivity contribution in [2.24, 2.45) is 11.3 Å². The third-order valence-corrected chi connectivity index (χ3v) is 6.80. The van der Waals surface area contributed by atoms with Crippen molar-refractivity contribution in [3.05, 3.63) is 17.8 Å². The monoisotopic (exact) mass is 407 g/mol. The predicted molar refractivity (Wildman–Crippen MR) is 102 cm³/mol. The number of pyridine rings is 1. The van der Waals surface area contributed by atoms with Gasteiger partial charge >= 0.3 is 0 Å². The standard InChI is InChI=1S/C21H27F2N3O3/c22-21(23)12-26(13-21)17-4-3-16(24-18(17)29-10-14-1-2-14)19(28)25-8-7-20(11-25)6-5-15(27)9-20/h3-4,14-15,27H,1-2,5-13H2. The smallest absolute Gasteiger partial charge is 0.282 e. The van der Waals surface area contributed by atoms with Gasteiger partial charge in [-0.15, -0.1) is 0 Å². The first kappa shape index (κ1) is 19.0. The molecule has 2 aliphatic heterocycles. The van der Waals surface area contributed by atoms with Crippen LogP contribution in [0.1, 0.15) is 49.0 Å². The molecule has 0 bridgehead atoms. The van der Waals surface area contributed by atoms with Crippen LogP contribution >= 0.6 is 0 Å². The number of carbonyl (C=O) groups is 1. The minimum absolute atomic E-state index is 0.0313. The zero-order chi connectivity index (χ0) is 20.2. The molecule has 158 valence electrons. The summed E-state index contributed by atoms with van der Waals surface area (Å²) in [6, 6.07) is 3.30. The third-order valence-electron chi connectivity index (χ3n) is 6.80. The first-order chi connectivity index (χ1) is 13.8. The third kappa shape index (κ3) is 3.79. The molecule has 5 rings (SSSR count). The SMILES string of the molecule is O=C(c1ccc(N2CC(F)(F)C2)c(OCC2CC2)n1)N1CCC2(CCC(O)C2)C1. The molecule has 3 heterocycles. The summed E-state index contributed by atoms with van der Waals surface area (Å²) >= 11 is 0. The number of ether oxygens (including phenoxy) is 1. The summed E-state index contributed by atoms with van der Waals surface area (Å²) in [6.07, 6.45) is 5.36. The second-order valence-corrected chi connectivity index (χ2v) is 9.36. The van der Waals surface area contributed by atoms with Crippen LogP contribution in [0.25, 0.3) is 0 Å². The molecule has 2 saturated heterocycles. The van der Waals surface area contributed by atoms with Crippen LogP contribution in [0.4, 0.5) is 14.5 Å². The van der Waals surface area contributed by atoms with Gasteiger partial charge in [0.1, 0.15) is 11.4 Å². The number of carbonyl (C=O) groups excluding carboxylic acids is 1. The number of rotatable bonds is 5. The maximum atomic E-state index is 13.3. The van der Waals surface area contributed by atoms with Crippen molar-refractivity contribution in [3.63, 3.8) is 0 Å². The molecule has 0 aromatic carbocycles. The highest BCUT2D eigenvalue weighted by Gasteiger charge is 2.46. The molecule has 29 heavy (non-hydrogen) atoms. The molecule has 6 nitrogen and oxygen atoms in total. The number of amides is 1. The molecule has 1 N–H and O–H groups in total. The van der Waals surface area contributed by atoms with Crippen molar-refractivity contribution in [2.75, 3.05) is 37.7 Å². The molecule has 2 aliphatic carbocycles. The van der Waals surface area contributed by atoms with E-state index in [1.165, 1.54) is 0 Å². The number of nitrogens with zero attached hydrogens (tertiary/aromatic N) is 3.